The van der Waals surface area contributed by atoms with E-state index in [0.29, 0.717) is 0 Å². The first-order chi connectivity index (χ1) is 13.0. The summed E-state index contributed by atoms with van der Waals surface area (Å²) in [6.07, 6.45) is 2.98. The second kappa shape index (κ2) is 8.90. The lowest BCUT2D eigenvalue weighted by Crippen LogP contribution is -2.56. The van der Waals surface area contributed by atoms with Crippen LogP contribution in [-0.2, 0) is 17.8 Å². The molecule has 0 aromatic heterocycles. The van der Waals surface area contributed by atoms with Gasteiger partial charge in [-0.05, 0) is 55.9 Å². The first kappa shape index (κ1) is 19.9. The maximum absolute atomic E-state index is 12.3. The molecular formula is C23H29ClN2O. The van der Waals surface area contributed by atoms with Crippen LogP contribution in [0.15, 0.2) is 42.5 Å². The summed E-state index contributed by atoms with van der Waals surface area (Å²) in [7, 11) is 0. The van der Waals surface area contributed by atoms with E-state index in [4.69, 9.17) is 11.6 Å². The molecule has 2 atom stereocenters. The van der Waals surface area contributed by atoms with Crippen molar-refractivity contribution in [1.29, 1.82) is 0 Å². The number of hydrogen-bond acceptors (Lipinski definition) is 2. The lowest BCUT2D eigenvalue weighted by molar-refractivity contribution is -0.133. The molecule has 1 amide bonds. The Morgan fingerprint density at radius 1 is 1.19 bits per heavy atom. The predicted octanol–water partition coefficient (Wildman–Crippen LogP) is 4.67. The first-order valence-electron chi connectivity index (χ1n) is 9.76. The number of halogens is 1. The Morgan fingerprint density at radius 3 is 2.59 bits per heavy atom. The number of hydrogen-bond donors (Lipinski definition) is 1. The Balaban J connectivity index is 1.77. The van der Waals surface area contributed by atoms with Gasteiger partial charge in [-0.3, -0.25) is 4.79 Å². The van der Waals surface area contributed by atoms with Crippen molar-refractivity contribution < 1.29 is 4.79 Å². The SMILES string of the molecule is CC(=O)N1CCC[C@H](NCc2c(C)cccc2Cl)[C@@H]1Cc1ccc(C)cc1. The number of piperidine rings is 1. The highest BCUT2D eigenvalue weighted by atomic mass is 35.5. The second-order valence-electron chi connectivity index (χ2n) is 7.63. The summed E-state index contributed by atoms with van der Waals surface area (Å²) in [4.78, 5) is 14.3. The van der Waals surface area contributed by atoms with E-state index in [1.54, 1.807) is 6.92 Å². The van der Waals surface area contributed by atoms with Crippen LogP contribution in [0.5, 0.6) is 0 Å². The van der Waals surface area contributed by atoms with Crippen LogP contribution in [0.4, 0.5) is 0 Å². The van der Waals surface area contributed by atoms with Crippen molar-refractivity contribution in [2.24, 2.45) is 0 Å². The van der Waals surface area contributed by atoms with Gasteiger partial charge in [0, 0.05) is 31.1 Å². The van der Waals surface area contributed by atoms with Gasteiger partial charge in [-0.15, -0.1) is 0 Å². The maximum Gasteiger partial charge on any atom is 0.219 e. The number of aryl methyl sites for hydroxylation is 2. The molecule has 1 fully saturated rings. The summed E-state index contributed by atoms with van der Waals surface area (Å²) >= 11 is 6.40. The second-order valence-corrected chi connectivity index (χ2v) is 8.04. The molecule has 144 valence electrons. The van der Waals surface area contributed by atoms with Gasteiger partial charge in [0.2, 0.25) is 5.91 Å². The van der Waals surface area contributed by atoms with Gasteiger partial charge in [0.1, 0.15) is 0 Å². The van der Waals surface area contributed by atoms with Crippen molar-refractivity contribution in [3.8, 4) is 0 Å². The van der Waals surface area contributed by atoms with E-state index in [-0.39, 0.29) is 18.0 Å². The molecule has 1 aliphatic heterocycles. The predicted molar refractivity (Wildman–Crippen MR) is 112 cm³/mol. The van der Waals surface area contributed by atoms with Gasteiger partial charge >= 0.3 is 0 Å². The van der Waals surface area contributed by atoms with E-state index in [9.17, 15) is 4.79 Å². The van der Waals surface area contributed by atoms with Gasteiger partial charge in [0.25, 0.3) is 0 Å². The summed E-state index contributed by atoms with van der Waals surface area (Å²) in [5, 5.41) is 4.51. The summed E-state index contributed by atoms with van der Waals surface area (Å²) in [6, 6.07) is 15.1. The Labute approximate surface area is 167 Å². The molecule has 27 heavy (non-hydrogen) atoms. The minimum Gasteiger partial charge on any atom is -0.338 e. The van der Waals surface area contributed by atoms with Crippen molar-refractivity contribution in [2.75, 3.05) is 6.54 Å². The van der Waals surface area contributed by atoms with Crippen LogP contribution in [0.2, 0.25) is 5.02 Å². The van der Waals surface area contributed by atoms with Gasteiger partial charge in [-0.2, -0.15) is 0 Å². The van der Waals surface area contributed by atoms with Gasteiger partial charge < -0.3 is 10.2 Å². The van der Waals surface area contributed by atoms with Crippen LogP contribution in [0.1, 0.15) is 42.0 Å². The minimum absolute atomic E-state index is 0.160. The molecule has 2 aromatic carbocycles. The quantitative estimate of drug-likeness (QED) is 0.812. The molecule has 4 heteroatoms. The zero-order valence-corrected chi connectivity index (χ0v) is 17.2. The van der Waals surface area contributed by atoms with Crippen LogP contribution in [0.25, 0.3) is 0 Å². The number of carbonyl (C=O) groups is 1. The molecule has 3 nitrogen and oxygen atoms in total. The van der Waals surface area contributed by atoms with E-state index < -0.39 is 0 Å². The molecule has 1 saturated heterocycles. The standard InChI is InChI=1S/C23H29ClN2O/c1-16-9-11-19(12-10-16)14-23-22(8-5-13-26(23)18(3)27)25-15-20-17(2)6-4-7-21(20)24/h4,6-7,9-12,22-23,25H,5,8,13-15H2,1-3H3/t22-,23-/m0/s1. The lowest BCUT2D eigenvalue weighted by atomic mass is 9.90. The van der Waals surface area contributed by atoms with E-state index in [0.717, 1.165) is 42.9 Å². The molecular weight excluding hydrogens is 356 g/mol. The Kier molecular flexibility index (Phi) is 6.56. The third-order valence-corrected chi connectivity index (χ3v) is 6.00. The van der Waals surface area contributed by atoms with Crippen molar-refractivity contribution in [2.45, 2.75) is 58.7 Å². The van der Waals surface area contributed by atoms with Crippen molar-refractivity contribution in [3.05, 3.63) is 69.7 Å². The Morgan fingerprint density at radius 2 is 1.93 bits per heavy atom. The summed E-state index contributed by atoms with van der Waals surface area (Å²) < 4.78 is 0. The number of nitrogens with one attached hydrogen (secondary N) is 1. The number of amides is 1. The summed E-state index contributed by atoms with van der Waals surface area (Å²) in [5.41, 5.74) is 4.88. The molecule has 2 aromatic rings. The Bertz CT molecular complexity index is 767. The van der Waals surface area contributed by atoms with Crippen molar-refractivity contribution >= 4 is 17.5 Å². The highest BCUT2D eigenvalue weighted by Crippen LogP contribution is 2.24. The van der Waals surface area contributed by atoms with Crippen LogP contribution in [0, 0.1) is 13.8 Å². The number of nitrogens with zero attached hydrogens (tertiary/aromatic N) is 1. The average molecular weight is 385 g/mol. The fourth-order valence-electron chi connectivity index (χ4n) is 4.03. The number of benzene rings is 2. The van der Waals surface area contributed by atoms with Gasteiger partial charge in [0.05, 0.1) is 6.04 Å². The smallest absolute Gasteiger partial charge is 0.219 e. The molecule has 0 radical (unpaired) electrons. The van der Waals surface area contributed by atoms with Crippen LogP contribution >= 0.6 is 11.6 Å². The van der Waals surface area contributed by atoms with Crippen molar-refractivity contribution in [1.82, 2.24) is 10.2 Å². The topological polar surface area (TPSA) is 32.3 Å². The van der Waals surface area contributed by atoms with Gasteiger partial charge in [-0.25, -0.2) is 0 Å². The zero-order valence-electron chi connectivity index (χ0n) is 16.5. The minimum atomic E-state index is 0.160. The van der Waals surface area contributed by atoms with E-state index in [1.807, 2.05) is 17.0 Å². The molecule has 3 rings (SSSR count). The largest absolute Gasteiger partial charge is 0.338 e. The molecule has 0 unspecified atom stereocenters. The molecule has 0 saturated carbocycles. The maximum atomic E-state index is 12.3. The summed E-state index contributed by atoms with van der Waals surface area (Å²) in [5.74, 6) is 0.160. The molecule has 1 heterocycles. The lowest BCUT2D eigenvalue weighted by Gasteiger charge is -2.42. The molecule has 0 bridgehead atoms. The normalized spacial score (nSPS) is 19.9. The molecule has 0 aliphatic carbocycles. The third kappa shape index (κ3) is 4.91. The third-order valence-electron chi connectivity index (χ3n) is 5.64. The zero-order chi connectivity index (χ0) is 19.4. The number of carbonyl (C=O) groups excluding carboxylic acids is 1. The Hall–Kier alpha value is -1.84. The van der Waals surface area contributed by atoms with Gasteiger partial charge in [-0.1, -0.05) is 53.6 Å². The molecule has 1 aliphatic rings. The molecule has 1 N–H and O–H groups in total. The first-order valence-corrected chi connectivity index (χ1v) is 10.1. The van der Waals surface area contributed by atoms with Crippen molar-refractivity contribution in [3.63, 3.8) is 0 Å². The average Bonchev–Trinajstić information content (AvgIpc) is 2.64. The number of rotatable bonds is 5. The summed E-state index contributed by atoms with van der Waals surface area (Å²) in [6.45, 7) is 7.45. The molecule has 0 spiro atoms. The van der Waals surface area contributed by atoms with Crippen LogP contribution in [-0.4, -0.2) is 29.4 Å². The fraction of sp³-hybridized carbons (Fsp3) is 0.435. The highest BCUT2D eigenvalue weighted by molar-refractivity contribution is 6.31. The fourth-order valence-corrected chi connectivity index (χ4v) is 4.32. The van der Waals surface area contributed by atoms with Crippen LogP contribution in [0.3, 0.4) is 0 Å². The monoisotopic (exact) mass is 384 g/mol. The highest BCUT2D eigenvalue weighted by Gasteiger charge is 2.32. The van der Waals surface area contributed by atoms with Gasteiger partial charge in [0.15, 0.2) is 0 Å². The number of likely N-dealkylation sites (tertiary alicyclic amines) is 1. The van der Waals surface area contributed by atoms with Crippen LogP contribution < -0.4 is 5.32 Å². The van der Waals surface area contributed by atoms with E-state index in [2.05, 4.69) is 49.5 Å². The van der Waals surface area contributed by atoms with E-state index >= 15 is 0 Å². The van der Waals surface area contributed by atoms with E-state index in [1.165, 1.54) is 16.7 Å².